The zero-order valence-corrected chi connectivity index (χ0v) is 17.7. The van der Waals surface area contributed by atoms with Gasteiger partial charge in [-0.05, 0) is 30.6 Å². The van der Waals surface area contributed by atoms with Crippen molar-refractivity contribution >= 4 is 53.5 Å². The maximum atomic E-state index is 6.22. The van der Waals surface area contributed by atoms with Crippen molar-refractivity contribution < 1.29 is 4.43 Å². The van der Waals surface area contributed by atoms with Crippen LogP contribution in [0.3, 0.4) is 0 Å². The predicted octanol–water partition coefficient (Wildman–Crippen LogP) is 5.10. The highest BCUT2D eigenvalue weighted by atomic mass is 127. The second-order valence-electron chi connectivity index (χ2n) is 6.99. The Kier molecular flexibility index (Phi) is 5.57. The molecule has 0 aliphatic heterocycles. The Morgan fingerprint density at radius 1 is 1.32 bits per heavy atom. The maximum Gasteiger partial charge on any atom is 0.194 e. The van der Waals surface area contributed by atoms with Gasteiger partial charge in [0.15, 0.2) is 12.1 Å². The van der Waals surface area contributed by atoms with Gasteiger partial charge in [-0.3, -0.25) is 0 Å². The summed E-state index contributed by atoms with van der Waals surface area (Å²) in [6.07, 6.45) is 2.99. The highest BCUT2D eigenvalue weighted by Gasteiger charge is 2.36. The van der Waals surface area contributed by atoms with Crippen molar-refractivity contribution in [2.45, 2.75) is 51.9 Å². The van der Waals surface area contributed by atoms with E-state index in [1.54, 1.807) is 0 Å². The van der Waals surface area contributed by atoms with Gasteiger partial charge in [0.05, 0.1) is 5.39 Å². The predicted molar refractivity (Wildman–Crippen MR) is 103 cm³/mol. The maximum absolute atomic E-state index is 6.22. The second-order valence-corrected chi connectivity index (χ2v) is 13.1. The molecule has 0 amide bonds. The van der Waals surface area contributed by atoms with E-state index in [1.807, 2.05) is 12.3 Å². The van der Waals surface area contributed by atoms with E-state index in [-0.39, 0.29) is 5.04 Å². The lowest BCUT2D eigenvalue weighted by Crippen LogP contribution is -2.41. The molecule has 2 rings (SSSR count). The van der Waals surface area contributed by atoms with Gasteiger partial charge >= 0.3 is 0 Å². The molecule has 0 bridgehead atoms. The quantitative estimate of drug-likeness (QED) is 0.209. The molecule has 0 N–H and O–H groups in total. The van der Waals surface area contributed by atoms with E-state index >= 15 is 0 Å². The van der Waals surface area contributed by atoms with Crippen molar-refractivity contribution in [1.82, 2.24) is 14.5 Å². The summed E-state index contributed by atoms with van der Waals surface area (Å²) in [6.45, 7) is 13.0. The molecule has 2 heterocycles. The van der Waals surface area contributed by atoms with Crippen LogP contribution in [0, 0.1) is 3.83 Å². The number of nitrogens with zero attached hydrogens (tertiary/aromatic N) is 3. The molecule has 0 unspecified atom stereocenters. The van der Waals surface area contributed by atoms with Gasteiger partial charge in [0, 0.05) is 41.9 Å². The highest BCUT2D eigenvalue weighted by molar-refractivity contribution is 14.1. The Labute approximate surface area is 151 Å². The van der Waals surface area contributed by atoms with Crippen LogP contribution in [0.2, 0.25) is 23.3 Å². The van der Waals surface area contributed by atoms with E-state index in [2.05, 4.69) is 71.0 Å². The van der Waals surface area contributed by atoms with E-state index in [4.69, 9.17) is 16.0 Å². The number of aryl methyl sites for hydroxylation is 1. The second kappa shape index (κ2) is 6.74. The normalized spacial score (nSPS) is 13.0. The first-order valence-corrected chi connectivity index (χ1v) is 11.8. The van der Waals surface area contributed by atoms with Gasteiger partial charge in [-0.1, -0.05) is 32.4 Å². The lowest BCUT2D eigenvalue weighted by molar-refractivity contribution is 0.275. The summed E-state index contributed by atoms with van der Waals surface area (Å²) in [5, 5.41) is 1.68. The topological polar surface area (TPSA) is 39.9 Å². The van der Waals surface area contributed by atoms with Crippen LogP contribution in [0.1, 0.15) is 27.2 Å². The minimum atomic E-state index is -1.66. The number of fused-ring (bicyclic) bond motifs is 1. The fraction of sp³-hybridized carbons (Fsp3) is 0.600. The molecule has 0 radical (unpaired) electrons. The minimum absolute atomic E-state index is 0.254. The van der Waals surface area contributed by atoms with Crippen molar-refractivity contribution in [3.63, 3.8) is 0 Å². The molecule has 7 heteroatoms. The summed E-state index contributed by atoms with van der Waals surface area (Å²) in [5.74, 6) is 0. The molecule has 0 aliphatic carbocycles. The third kappa shape index (κ3) is 4.01. The highest BCUT2D eigenvalue weighted by Crippen LogP contribution is 2.36. The molecule has 0 atom stereocenters. The standard InChI is InChI=1S/C15H23ClIN3OSi/c1-15(2,3)22(4,5)21-10-6-8-20-9-7-11-12(16)18-14(17)19-13(11)20/h7,9H,6,8,10H2,1-5H3. The number of hydrogen-bond donors (Lipinski definition) is 0. The molecule has 2 aromatic heterocycles. The van der Waals surface area contributed by atoms with Crippen molar-refractivity contribution in [2.24, 2.45) is 0 Å². The van der Waals surface area contributed by atoms with Gasteiger partial charge in [0.25, 0.3) is 0 Å². The molecule has 0 spiro atoms. The van der Waals surface area contributed by atoms with Crippen LogP contribution in [0.4, 0.5) is 0 Å². The summed E-state index contributed by atoms with van der Waals surface area (Å²) in [6, 6.07) is 1.97. The Bertz CT molecular complexity index is 667. The minimum Gasteiger partial charge on any atom is -0.417 e. The number of aromatic nitrogens is 3. The van der Waals surface area contributed by atoms with Gasteiger partial charge in [0.1, 0.15) is 10.8 Å². The lowest BCUT2D eigenvalue weighted by atomic mass is 10.2. The molecule has 0 fully saturated rings. The molecule has 2 aromatic rings. The summed E-state index contributed by atoms with van der Waals surface area (Å²) in [7, 11) is -1.66. The Balaban J connectivity index is 1.99. The van der Waals surface area contributed by atoms with Gasteiger partial charge < -0.3 is 8.99 Å². The van der Waals surface area contributed by atoms with Gasteiger partial charge in [0.2, 0.25) is 0 Å². The van der Waals surface area contributed by atoms with Crippen molar-refractivity contribution in [2.75, 3.05) is 6.61 Å². The van der Waals surface area contributed by atoms with Crippen LogP contribution < -0.4 is 0 Å². The molecular weight excluding hydrogens is 429 g/mol. The van der Waals surface area contributed by atoms with Crippen LogP contribution in [0.15, 0.2) is 12.3 Å². The molecule has 0 saturated carbocycles. The van der Waals surface area contributed by atoms with Gasteiger partial charge in [-0.2, -0.15) is 0 Å². The summed E-state index contributed by atoms with van der Waals surface area (Å²) >= 11 is 8.25. The van der Waals surface area contributed by atoms with E-state index in [1.165, 1.54) is 0 Å². The number of hydrogen-bond acceptors (Lipinski definition) is 3. The Morgan fingerprint density at radius 3 is 2.64 bits per heavy atom. The zero-order chi connectivity index (χ0) is 16.5. The smallest absolute Gasteiger partial charge is 0.194 e. The Morgan fingerprint density at radius 2 is 2.00 bits per heavy atom. The number of halogens is 2. The van der Waals surface area contributed by atoms with E-state index < -0.39 is 8.32 Å². The molecule has 0 saturated heterocycles. The monoisotopic (exact) mass is 451 g/mol. The molecular formula is C15H23ClIN3OSi. The Hall–Kier alpha value is -0.183. The summed E-state index contributed by atoms with van der Waals surface area (Å²) in [4.78, 5) is 8.66. The van der Waals surface area contributed by atoms with Crippen molar-refractivity contribution in [3.8, 4) is 0 Å². The van der Waals surface area contributed by atoms with E-state index in [9.17, 15) is 0 Å². The largest absolute Gasteiger partial charge is 0.417 e. The van der Waals surface area contributed by atoms with Gasteiger partial charge in [-0.25, -0.2) is 9.97 Å². The average molecular weight is 452 g/mol. The summed E-state index contributed by atoms with van der Waals surface area (Å²) in [5.41, 5.74) is 0.900. The van der Waals surface area contributed by atoms with Crippen LogP contribution in [-0.4, -0.2) is 29.5 Å². The van der Waals surface area contributed by atoms with E-state index in [0.29, 0.717) is 8.98 Å². The SMILES string of the molecule is CC(C)(C)[Si](C)(C)OCCCn1ccc2c(Cl)nc(I)nc21. The first-order chi connectivity index (χ1) is 10.1. The molecule has 0 aromatic carbocycles. The van der Waals surface area contributed by atoms with Crippen molar-refractivity contribution in [3.05, 3.63) is 21.2 Å². The van der Waals surface area contributed by atoms with E-state index in [0.717, 1.165) is 30.6 Å². The fourth-order valence-electron chi connectivity index (χ4n) is 1.96. The van der Waals surface area contributed by atoms with Crippen LogP contribution >= 0.6 is 34.2 Å². The number of rotatable bonds is 5. The molecule has 122 valence electrons. The first kappa shape index (κ1) is 18.2. The molecule has 0 aliphatic rings. The van der Waals surface area contributed by atoms with Crippen LogP contribution in [-0.2, 0) is 11.0 Å². The van der Waals surface area contributed by atoms with Crippen molar-refractivity contribution in [1.29, 1.82) is 0 Å². The van der Waals surface area contributed by atoms with Gasteiger partial charge in [-0.15, -0.1) is 0 Å². The summed E-state index contributed by atoms with van der Waals surface area (Å²) < 4.78 is 9.02. The average Bonchev–Trinajstić information content (AvgIpc) is 2.76. The lowest BCUT2D eigenvalue weighted by Gasteiger charge is -2.36. The zero-order valence-electron chi connectivity index (χ0n) is 13.8. The molecule has 4 nitrogen and oxygen atoms in total. The third-order valence-corrected chi connectivity index (χ3v) is 9.67. The third-order valence-electron chi connectivity index (χ3n) is 4.36. The molecule has 22 heavy (non-hydrogen) atoms. The van der Waals surface area contributed by atoms with Crippen LogP contribution in [0.25, 0.3) is 11.0 Å². The van der Waals surface area contributed by atoms with Crippen LogP contribution in [0.5, 0.6) is 0 Å². The fourth-order valence-corrected chi connectivity index (χ4v) is 3.89. The first-order valence-electron chi connectivity index (χ1n) is 7.44.